The number of carbonyl (C=O) groups excluding carboxylic acids is 2. The van der Waals surface area contributed by atoms with E-state index in [1.165, 1.54) is 27.9 Å². The van der Waals surface area contributed by atoms with Crippen LogP contribution in [0.5, 0.6) is 0 Å². The minimum absolute atomic E-state index is 0.464. The third-order valence-electron chi connectivity index (χ3n) is 6.19. The molecule has 0 radical (unpaired) electrons. The highest BCUT2D eigenvalue weighted by atomic mass is 16.2. The number of hydrogen-bond acceptors (Lipinski definition) is 3. The van der Waals surface area contributed by atoms with Crippen molar-refractivity contribution < 1.29 is 9.59 Å². The van der Waals surface area contributed by atoms with Gasteiger partial charge in [0.15, 0.2) is 0 Å². The number of fused-ring (bicyclic) bond motifs is 1. The summed E-state index contributed by atoms with van der Waals surface area (Å²) in [5.74, 6) is -1.23. The van der Waals surface area contributed by atoms with Gasteiger partial charge >= 0.3 is 11.8 Å². The van der Waals surface area contributed by atoms with E-state index in [0.717, 1.165) is 38.8 Å². The Bertz CT molecular complexity index is 1090. The highest BCUT2D eigenvalue weighted by Crippen LogP contribution is 2.24. The van der Waals surface area contributed by atoms with Gasteiger partial charge in [-0.25, -0.2) is 0 Å². The highest BCUT2D eigenvalue weighted by Gasteiger charge is 2.16. The third-order valence-corrected chi connectivity index (χ3v) is 6.19. The Morgan fingerprint density at radius 1 is 0.848 bits per heavy atom. The number of amides is 2. The number of carbonyl (C=O) groups is 2. The monoisotopic (exact) mass is 441 g/mol. The lowest BCUT2D eigenvalue weighted by Crippen LogP contribution is -2.36. The van der Waals surface area contributed by atoms with Crippen molar-refractivity contribution in [1.82, 2.24) is 5.32 Å². The number of benzene rings is 3. The van der Waals surface area contributed by atoms with Gasteiger partial charge in [0.25, 0.3) is 0 Å². The second kappa shape index (κ2) is 10.8. The Morgan fingerprint density at radius 2 is 1.55 bits per heavy atom. The number of anilines is 2. The standard InChI is InChI=1S/C28H31N3O2/c1-2-21-9-13-25(14-10-21)30-28(33)27(32)29-18-5-6-22-11-15-26(16-12-22)31-19-17-23-7-3-4-8-24(23)20-31/h3-4,7-16H,2,5-6,17-20H2,1H3,(H,29,32)(H,30,33). The van der Waals surface area contributed by atoms with Crippen molar-refractivity contribution >= 4 is 23.2 Å². The molecule has 0 atom stereocenters. The molecule has 33 heavy (non-hydrogen) atoms. The number of rotatable bonds is 7. The van der Waals surface area contributed by atoms with E-state index < -0.39 is 11.8 Å². The molecular formula is C28H31N3O2. The van der Waals surface area contributed by atoms with Crippen molar-refractivity contribution in [2.24, 2.45) is 0 Å². The predicted molar refractivity (Wildman–Crippen MR) is 133 cm³/mol. The Morgan fingerprint density at radius 3 is 2.27 bits per heavy atom. The van der Waals surface area contributed by atoms with Crippen LogP contribution in [0.1, 0.15) is 35.6 Å². The van der Waals surface area contributed by atoms with Gasteiger partial charge in [-0.3, -0.25) is 9.59 Å². The van der Waals surface area contributed by atoms with Gasteiger partial charge in [0.05, 0.1) is 0 Å². The summed E-state index contributed by atoms with van der Waals surface area (Å²) in [5, 5.41) is 5.35. The van der Waals surface area contributed by atoms with Crippen LogP contribution in [0.15, 0.2) is 72.8 Å². The third kappa shape index (κ3) is 6.01. The molecule has 2 amide bonds. The largest absolute Gasteiger partial charge is 0.367 e. The maximum atomic E-state index is 12.1. The molecule has 0 aliphatic carbocycles. The predicted octanol–water partition coefficient (Wildman–Crippen LogP) is 4.50. The average Bonchev–Trinajstić information content (AvgIpc) is 2.87. The lowest BCUT2D eigenvalue weighted by molar-refractivity contribution is -0.136. The van der Waals surface area contributed by atoms with Crippen LogP contribution in [0.2, 0.25) is 0 Å². The average molecular weight is 442 g/mol. The molecule has 5 heteroatoms. The Labute approximate surface area is 195 Å². The second-order valence-electron chi connectivity index (χ2n) is 8.47. The molecule has 0 bridgehead atoms. The number of nitrogens with zero attached hydrogens (tertiary/aromatic N) is 1. The topological polar surface area (TPSA) is 61.4 Å². The summed E-state index contributed by atoms with van der Waals surface area (Å²) < 4.78 is 0. The van der Waals surface area contributed by atoms with Gasteiger partial charge in [-0.2, -0.15) is 0 Å². The molecule has 3 aromatic carbocycles. The Kier molecular flexibility index (Phi) is 7.40. The zero-order valence-electron chi connectivity index (χ0n) is 19.1. The summed E-state index contributed by atoms with van der Waals surface area (Å²) in [6.07, 6.45) is 3.64. The van der Waals surface area contributed by atoms with Crippen LogP contribution < -0.4 is 15.5 Å². The smallest absolute Gasteiger partial charge is 0.313 e. The molecular weight excluding hydrogens is 410 g/mol. The maximum Gasteiger partial charge on any atom is 0.313 e. The van der Waals surface area contributed by atoms with Gasteiger partial charge in [0, 0.05) is 31.0 Å². The molecule has 0 aromatic heterocycles. The van der Waals surface area contributed by atoms with Crippen molar-refractivity contribution in [2.45, 2.75) is 39.2 Å². The first-order valence-electron chi connectivity index (χ1n) is 11.7. The van der Waals surface area contributed by atoms with Crippen LogP contribution in [0.4, 0.5) is 11.4 Å². The molecule has 0 saturated carbocycles. The molecule has 0 fully saturated rings. The summed E-state index contributed by atoms with van der Waals surface area (Å²) in [6.45, 7) is 4.52. The van der Waals surface area contributed by atoms with Crippen LogP contribution in [0.25, 0.3) is 0 Å². The Hall–Kier alpha value is -3.60. The minimum atomic E-state index is -0.633. The van der Waals surface area contributed by atoms with Crippen molar-refractivity contribution in [3.63, 3.8) is 0 Å². The van der Waals surface area contributed by atoms with Crippen LogP contribution >= 0.6 is 0 Å². The van der Waals surface area contributed by atoms with E-state index in [1.54, 1.807) is 0 Å². The molecule has 5 nitrogen and oxygen atoms in total. The molecule has 1 heterocycles. The number of hydrogen-bond donors (Lipinski definition) is 2. The van der Waals surface area contributed by atoms with Crippen molar-refractivity contribution in [2.75, 3.05) is 23.3 Å². The van der Waals surface area contributed by atoms with E-state index in [9.17, 15) is 9.59 Å². The van der Waals surface area contributed by atoms with Gasteiger partial charge in [-0.05, 0) is 72.2 Å². The molecule has 3 aromatic rings. The lowest BCUT2D eigenvalue weighted by atomic mass is 9.99. The van der Waals surface area contributed by atoms with E-state index in [2.05, 4.69) is 71.0 Å². The maximum absolute atomic E-state index is 12.1. The molecule has 1 aliphatic heterocycles. The molecule has 0 spiro atoms. The quantitative estimate of drug-likeness (QED) is 0.419. The summed E-state index contributed by atoms with van der Waals surface area (Å²) >= 11 is 0. The second-order valence-corrected chi connectivity index (χ2v) is 8.47. The summed E-state index contributed by atoms with van der Waals surface area (Å²) in [7, 11) is 0. The van der Waals surface area contributed by atoms with Crippen molar-refractivity contribution in [3.05, 3.63) is 95.1 Å². The summed E-state index contributed by atoms with van der Waals surface area (Å²) in [4.78, 5) is 26.5. The first-order chi connectivity index (χ1) is 16.1. The van der Waals surface area contributed by atoms with Gasteiger partial charge in [0.2, 0.25) is 0 Å². The fourth-order valence-corrected chi connectivity index (χ4v) is 4.18. The summed E-state index contributed by atoms with van der Waals surface area (Å²) in [5.41, 5.74) is 7.15. The van der Waals surface area contributed by atoms with Crippen LogP contribution in [-0.4, -0.2) is 24.9 Å². The van der Waals surface area contributed by atoms with E-state index in [4.69, 9.17) is 0 Å². The first kappa shape index (κ1) is 22.6. The SMILES string of the molecule is CCc1ccc(NC(=O)C(=O)NCCCc2ccc(N3CCc4ccccc4C3)cc2)cc1. The number of aryl methyl sites for hydroxylation is 2. The first-order valence-corrected chi connectivity index (χ1v) is 11.7. The highest BCUT2D eigenvalue weighted by molar-refractivity contribution is 6.39. The van der Waals surface area contributed by atoms with Gasteiger partial charge in [0.1, 0.15) is 0 Å². The zero-order valence-corrected chi connectivity index (χ0v) is 19.1. The lowest BCUT2D eigenvalue weighted by Gasteiger charge is -2.30. The van der Waals surface area contributed by atoms with Gasteiger partial charge in [-0.15, -0.1) is 0 Å². The summed E-state index contributed by atoms with van der Waals surface area (Å²) in [6, 6.07) is 24.9. The van der Waals surface area contributed by atoms with Gasteiger partial charge in [-0.1, -0.05) is 55.5 Å². The van der Waals surface area contributed by atoms with E-state index in [0.29, 0.717) is 12.2 Å². The molecule has 0 saturated heterocycles. The molecule has 4 rings (SSSR count). The minimum Gasteiger partial charge on any atom is -0.367 e. The molecule has 170 valence electrons. The zero-order chi connectivity index (χ0) is 23.0. The van der Waals surface area contributed by atoms with E-state index in [1.807, 2.05) is 24.3 Å². The van der Waals surface area contributed by atoms with Crippen LogP contribution in [-0.2, 0) is 35.4 Å². The van der Waals surface area contributed by atoms with Gasteiger partial charge < -0.3 is 15.5 Å². The molecule has 1 aliphatic rings. The molecule has 0 unspecified atom stereocenters. The fourth-order valence-electron chi connectivity index (χ4n) is 4.18. The van der Waals surface area contributed by atoms with E-state index in [-0.39, 0.29) is 0 Å². The Balaban J connectivity index is 1.19. The van der Waals surface area contributed by atoms with E-state index >= 15 is 0 Å². The van der Waals surface area contributed by atoms with Crippen molar-refractivity contribution in [3.8, 4) is 0 Å². The number of nitrogens with one attached hydrogen (secondary N) is 2. The van der Waals surface area contributed by atoms with Crippen molar-refractivity contribution in [1.29, 1.82) is 0 Å². The fraction of sp³-hybridized carbons (Fsp3) is 0.286. The van der Waals surface area contributed by atoms with Crippen LogP contribution in [0.3, 0.4) is 0 Å². The van der Waals surface area contributed by atoms with Crippen LogP contribution in [0, 0.1) is 0 Å². The molecule has 2 N–H and O–H groups in total. The normalized spacial score (nSPS) is 12.7.